The van der Waals surface area contributed by atoms with Gasteiger partial charge < -0.3 is 14.8 Å². The Balaban J connectivity index is 1.39. The van der Waals surface area contributed by atoms with E-state index in [4.69, 9.17) is 9.47 Å². The van der Waals surface area contributed by atoms with Gasteiger partial charge in [0.1, 0.15) is 0 Å². The summed E-state index contributed by atoms with van der Waals surface area (Å²) in [5, 5.41) is 3.56. The maximum atomic E-state index is 6.45. The zero-order valence-corrected chi connectivity index (χ0v) is 18.1. The van der Waals surface area contributed by atoms with Gasteiger partial charge in [0.05, 0.1) is 13.2 Å². The molecule has 2 aliphatic carbocycles. The van der Waals surface area contributed by atoms with Crippen LogP contribution >= 0.6 is 0 Å². The molecule has 1 N–H and O–H groups in total. The first-order valence-electron chi connectivity index (χ1n) is 12.1. The fourth-order valence-corrected chi connectivity index (χ4v) is 5.41. The number of fused-ring (bicyclic) bond motifs is 3. The molecule has 30 heavy (non-hydrogen) atoms. The third kappa shape index (κ3) is 4.45. The fraction of sp³-hybridized carbons (Fsp3) is 0.556. The maximum absolute atomic E-state index is 6.45. The Morgan fingerprint density at radius 1 is 0.700 bits per heavy atom. The lowest BCUT2D eigenvalue weighted by atomic mass is 9.90. The summed E-state index contributed by atoms with van der Waals surface area (Å²) in [5.74, 6) is 3.26. The smallest absolute Gasteiger partial charge is 0.161 e. The van der Waals surface area contributed by atoms with Crippen molar-refractivity contribution in [3.05, 3.63) is 42.0 Å². The van der Waals surface area contributed by atoms with E-state index in [0.29, 0.717) is 11.8 Å². The maximum Gasteiger partial charge on any atom is 0.161 e. The molecule has 1 heterocycles. The van der Waals surface area contributed by atoms with Crippen LogP contribution in [0.15, 0.2) is 36.4 Å². The standard InChI is InChI=1S/C27H35NO2/c1-3-9-20(10-4-1)18-29-26-15-22-17-28-25-14-8-7-13-23(25)24(22)16-27(26)30-19-21-11-5-2-6-12-21/h7-8,13-16,20-21,28H,1-6,9-12,17-19H2. The van der Waals surface area contributed by atoms with E-state index in [2.05, 4.69) is 41.7 Å². The van der Waals surface area contributed by atoms with Crippen molar-refractivity contribution in [2.45, 2.75) is 70.8 Å². The van der Waals surface area contributed by atoms with E-state index in [1.807, 2.05) is 0 Å². The molecule has 1 aliphatic heterocycles. The highest BCUT2D eigenvalue weighted by atomic mass is 16.5. The molecule has 2 aromatic carbocycles. The minimum Gasteiger partial charge on any atom is -0.489 e. The molecular formula is C27H35NO2. The number of anilines is 1. The zero-order chi connectivity index (χ0) is 20.2. The summed E-state index contributed by atoms with van der Waals surface area (Å²) in [7, 11) is 0. The Morgan fingerprint density at radius 2 is 1.30 bits per heavy atom. The summed E-state index contributed by atoms with van der Waals surface area (Å²) in [5.41, 5.74) is 5.06. The number of nitrogens with one attached hydrogen (secondary N) is 1. The average Bonchev–Trinajstić information content (AvgIpc) is 2.82. The number of ether oxygens (including phenoxy) is 2. The Morgan fingerprint density at radius 3 is 1.97 bits per heavy atom. The van der Waals surface area contributed by atoms with Gasteiger partial charge in [0, 0.05) is 17.8 Å². The highest BCUT2D eigenvalue weighted by Crippen LogP contribution is 2.42. The third-order valence-corrected chi connectivity index (χ3v) is 7.25. The first-order chi connectivity index (χ1) is 14.9. The van der Waals surface area contributed by atoms with Crippen molar-refractivity contribution in [3.63, 3.8) is 0 Å². The number of rotatable bonds is 6. The summed E-state index contributed by atoms with van der Waals surface area (Å²) in [6.45, 7) is 2.48. The van der Waals surface area contributed by atoms with Gasteiger partial charge in [-0.2, -0.15) is 0 Å². The van der Waals surface area contributed by atoms with E-state index in [0.717, 1.165) is 31.3 Å². The molecular weight excluding hydrogens is 370 g/mol. The van der Waals surface area contributed by atoms with Crippen molar-refractivity contribution < 1.29 is 9.47 Å². The molecule has 160 valence electrons. The van der Waals surface area contributed by atoms with Crippen molar-refractivity contribution in [2.24, 2.45) is 11.8 Å². The quantitative estimate of drug-likeness (QED) is 0.551. The molecule has 3 heteroatoms. The second-order valence-electron chi connectivity index (χ2n) is 9.49. The fourth-order valence-electron chi connectivity index (χ4n) is 5.41. The van der Waals surface area contributed by atoms with E-state index in [-0.39, 0.29) is 0 Å². The van der Waals surface area contributed by atoms with Crippen LogP contribution < -0.4 is 14.8 Å². The number of benzene rings is 2. The molecule has 0 atom stereocenters. The van der Waals surface area contributed by atoms with Crippen LogP contribution in [0.3, 0.4) is 0 Å². The zero-order valence-electron chi connectivity index (χ0n) is 18.1. The molecule has 0 aromatic heterocycles. The van der Waals surface area contributed by atoms with Crippen molar-refractivity contribution in [1.29, 1.82) is 0 Å². The minimum atomic E-state index is 0.690. The first-order valence-corrected chi connectivity index (χ1v) is 12.1. The molecule has 0 bridgehead atoms. The van der Waals surface area contributed by atoms with Crippen LogP contribution in [0.4, 0.5) is 5.69 Å². The molecule has 0 amide bonds. The monoisotopic (exact) mass is 405 g/mol. The van der Waals surface area contributed by atoms with Crippen LogP contribution in [-0.4, -0.2) is 13.2 Å². The summed E-state index contributed by atoms with van der Waals surface area (Å²) in [6, 6.07) is 13.1. The first kappa shape index (κ1) is 19.8. The average molecular weight is 406 g/mol. The molecule has 0 saturated heterocycles. The summed E-state index contributed by atoms with van der Waals surface area (Å²) < 4.78 is 12.9. The Bertz CT molecular complexity index is 850. The van der Waals surface area contributed by atoms with Crippen LogP contribution in [0.5, 0.6) is 11.5 Å². The van der Waals surface area contributed by atoms with Crippen molar-refractivity contribution in [3.8, 4) is 22.6 Å². The van der Waals surface area contributed by atoms with Gasteiger partial charge in [0.2, 0.25) is 0 Å². The predicted octanol–water partition coefficient (Wildman–Crippen LogP) is 7.20. The molecule has 2 aromatic rings. The van der Waals surface area contributed by atoms with Gasteiger partial charge in [-0.1, -0.05) is 56.7 Å². The highest BCUT2D eigenvalue weighted by Gasteiger charge is 2.22. The molecule has 0 radical (unpaired) electrons. The lowest BCUT2D eigenvalue weighted by molar-refractivity contribution is 0.180. The number of hydrogen-bond acceptors (Lipinski definition) is 3. The summed E-state index contributed by atoms with van der Waals surface area (Å²) in [4.78, 5) is 0. The van der Waals surface area contributed by atoms with Crippen molar-refractivity contribution in [1.82, 2.24) is 0 Å². The van der Waals surface area contributed by atoms with Crippen LogP contribution in [0.2, 0.25) is 0 Å². The molecule has 2 saturated carbocycles. The van der Waals surface area contributed by atoms with Crippen molar-refractivity contribution >= 4 is 5.69 Å². The van der Waals surface area contributed by atoms with Gasteiger partial charge in [-0.25, -0.2) is 0 Å². The summed E-state index contributed by atoms with van der Waals surface area (Å²) >= 11 is 0. The van der Waals surface area contributed by atoms with E-state index < -0.39 is 0 Å². The molecule has 2 fully saturated rings. The van der Waals surface area contributed by atoms with Crippen molar-refractivity contribution in [2.75, 3.05) is 18.5 Å². The van der Waals surface area contributed by atoms with Crippen LogP contribution in [0, 0.1) is 11.8 Å². The molecule has 5 rings (SSSR count). The van der Waals surface area contributed by atoms with Crippen LogP contribution in [0.1, 0.15) is 69.8 Å². The number of para-hydroxylation sites is 1. The van der Waals surface area contributed by atoms with Gasteiger partial charge >= 0.3 is 0 Å². The van der Waals surface area contributed by atoms with E-state index in [1.54, 1.807) is 0 Å². The lowest BCUT2D eigenvalue weighted by Gasteiger charge is -2.27. The van der Waals surface area contributed by atoms with Crippen LogP contribution in [0.25, 0.3) is 11.1 Å². The second kappa shape index (κ2) is 9.32. The van der Waals surface area contributed by atoms with Gasteiger partial charge in [-0.15, -0.1) is 0 Å². The second-order valence-corrected chi connectivity index (χ2v) is 9.49. The van der Waals surface area contributed by atoms with E-state index in [1.165, 1.54) is 86.6 Å². The third-order valence-electron chi connectivity index (χ3n) is 7.25. The Labute approximate surface area is 181 Å². The van der Waals surface area contributed by atoms with Crippen LogP contribution in [-0.2, 0) is 6.54 Å². The Hall–Kier alpha value is -2.16. The topological polar surface area (TPSA) is 30.5 Å². The van der Waals surface area contributed by atoms with E-state index >= 15 is 0 Å². The van der Waals surface area contributed by atoms with Gasteiger partial charge in [0.15, 0.2) is 11.5 Å². The summed E-state index contributed by atoms with van der Waals surface area (Å²) in [6.07, 6.45) is 13.4. The highest BCUT2D eigenvalue weighted by molar-refractivity contribution is 5.84. The molecule has 3 nitrogen and oxygen atoms in total. The number of hydrogen-bond donors (Lipinski definition) is 1. The van der Waals surface area contributed by atoms with Gasteiger partial charge in [0.25, 0.3) is 0 Å². The molecule has 3 aliphatic rings. The minimum absolute atomic E-state index is 0.690. The van der Waals surface area contributed by atoms with Gasteiger partial charge in [-0.3, -0.25) is 0 Å². The van der Waals surface area contributed by atoms with Gasteiger partial charge in [-0.05, 0) is 66.8 Å². The normalized spacial score (nSPS) is 19.5. The SMILES string of the molecule is c1ccc2c(c1)NCc1cc(OCC3CCCCC3)c(OCC3CCCCC3)cc1-2. The Kier molecular flexibility index (Phi) is 6.15. The lowest BCUT2D eigenvalue weighted by Crippen LogP contribution is -2.18. The predicted molar refractivity (Wildman–Crippen MR) is 123 cm³/mol. The molecule has 0 spiro atoms. The molecule has 0 unspecified atom stereocenters. The van der Waals surface area contributed by atoms with E-state index in [9.17, 15) is 0 Å². The largest absolute Gasteiger partial charge is 0.489 e.